The van der Waals surface area contributed by atoms with Crippen molar-refractivity contribution in [3.8, 4) is 11.5 Å². The van der Waals surface area contributed by atoms with Crippen molar-refractivity contribution in [3.63, 3.8) is 0 Å². The summed E-state index contributed by atoms with van der Waals surface area (Å²) in [5.74, 6) is 0.950. The number of carbonyl (C=O) groups is 2. The van der Waals surface area contributed by atoms with Crippen molar-refractivity contribution >= 4 is 12.2 Å². The number of benzene rings is 1. The number of likely N-dealkylation sites (tertiary alicyclic amines) is 1. The summed E-state index contributed by atoms with van der Waals surface area (Å²) in [6, 6.07) is 3.17. The van der Waals surface area contributed by atoms with Gasteiger partial charge in [-0.25, -0.2) is 0 Å². The molecule has 1 saturated heterocycles. The average Bonchev–Trinajstić information content (AvgIpc) is 3.06. The van der Waals surface area contributed by atoms with Crippen molar-refractivity contribution < 1.29 is 19.1 Å². The van der Waals surface area contributed by atoms with Gasteiger partial charge < -0.3 is 14.4 Å². The Kier molecular flexibility index (Phi) is 2.66. The number of carbonyl (C=O) groups excluding carboxylic acids is 2. The number of hydrogen-bond acceptors (Lipinski definition) is 4. The fourth-order valence-electron chi connectivity index (χ4n) is 2.33. The summed E-state index contributed by atoms with van der Waals surface area (Å²) >= 11 is 0. The second kappa shape index (κ2) is 4.33. The zero-order valence-corrected chi connectivity index (χ0v) is 9.85. The largest absolute Gasteiger partial charge is 0.454 e. The molecule has 5 heteroatoms. The predicted octanol–water partition coefficient (Wildman–Crippen LogP) is 1.46. The van der Waals surface area contributed by atoms with Crippen LogP contribution >= 0.6 is 0 Å². The molecule has 5 nitrogen and oxygen atoms in total. The molecule has 0 unspecified atom stereocenters. The molecule has 2 aliphatic heterocycles. The number of amides is 1. The van der Waals surface area contributed by atoms with Gasteiger partial charge in [-0.05, 0) is 25.0 Å². The van der Waals surface area contributed by atoms with E-state index in [0.29, 0.717) is 28.9 Å². The van der Waals surface area contributed by atoms with Gasteiger partial charge in [-0.2, -0.15) is 0 Å². The van der Waals surface area contributed by atoms with E-state index in [2.05, 4.69) is 0 Å². The highest BCUT2D eigenvalue weighted by molar-refractivity contribution is 6.02. The molecule has 0 saturated carbocycles. The number of aldehydes is 1. The molecule has 0 aliphatic carbocycles. The third-order valence-electron chi connectivity index (χ3n) is 3.30. The average molecular weight is 247 g/mol. The van der Waals surface area contributed by atoms with E-state index in [0.717, 1.165) is 25.9 Å². The standard InChI is InChI=1S/C13H13NO4/c15-7-9-5-11-12(18-8-17-11)6-10(9)13(16)14-3-1-2-4-14/h5-7H,1-4,8H2. The van der Waals surface area contributed by atoms with Gasteiger partial charge in [-0.1, -0.05) is 0 Å². The summed E-state index contributed by atoms with van der Waals surface area (Å²) in [5, 5.41) is 0. The molecular weight excluding hydrogens is 234 g/mol. The van der Waals surface area contributed by atoms with Crippen LogP contribution < -0.4 is 9.47 Å². The van der Waals surface area contributed by atoms with Crippen molar-refractivity contribution in [2.75, 3.05) is 19.9 Å². The number of rotatable bonds is 2. The van der Waals surface area contributed by atoms with Crippen LogP contribution in [0.2, 0.25) is 0 Å². The fourth-order valence-corrected chi connectivity index (χ4v) is 2.33. The van der Waals surface area contributed by atoms with Crippen LogP contribution in [0.1, 0.15) is 33.6 Å². The van der Waals surface area contributed by atoms with Crippen molar-refractivity contribution in [1.82, 2.24) is 4.90 Å². The minimum Gasteiger partial charge on any atom is -0.454 e. The van der Waals surface area contributed by atoms with Crippen LogP contribution in [0.5, 0.6) is 11.5 Å². The lowest BCUT2D eigenvalue weighted by atomic mass is 10.1. The second-order valence-electron chi connectivity index (χ2n) is 4.41. The van der Waals surface area contributed by atoms with Gasteiger partial charge in [0.15, 0.2) is 17.8 Å². The first-order valence-corrected chi connectivity index (χ1v) is 5.97. The van der Waals surface area contributed by atoms with Gasteiger partial charge in [0, 0.05) is 18.7 Å². The maximum Gasteiger partial charge on any atom is 0.254 e. The molecule has 2 heterocycles. The number of fused-ring (bicyclic) bond motifs is 1. The van der Waals surface area contributed by atoms with Crippen molar-refractivity contribution in [2.24, 2.45) is 0 Å². The molecule has 0 spiro atoms. The lowest BCUT2D eigenvalue weighted by molar-refractivity contribution is 0.0789. The summed E-state index contributed by atoms with van der Waals surface area (Å²) in [4.78, 5) is 25.1. The van der Waals surface area contributed by atoms with E-state index >= 15 is 0 Å². The summed E-state index contributed by atoms with van der Waals surface area (Å²) in [5.41, 5.74) is 0.757. The van der Waals surface area contributed by atoms with Crippen LogP contribution in [0.25, 0.3) is 0 Å². The Bertz CT molecular complexity index is 506. The molecular formula is C13H13NO4. The highest BCUT2D eigenvalue weighted by atomic mass is 16.7. The molecule has 94 valence electrons. The molecule has 0 aromatic heterocycles. The Morgan fingerprint density at radius 2 is 1.83 bits per heavy atom. The highest BCUT2D eigenvalue weighted by Gasteiger charge is 2.25. The topological polar surface area (TPSA) is 55.8 Å². The van der Waals surface area contributed by atoms with Crippen molar-refractivity contribution in [1.29, 1.82) is 0 Å². The van der Waals surface area contributed by atoms with Crippen LogP contribution in [0.15, 0.2) is 12.1 Å². The van der Waals surface area contributed by atoms with Gasteiger partial charge in [0.1, 0.15) is 0 Å². The first kappa shape index (κ1) is 11.1. The molecule has 1 aromatic carbocycles. The maximum atomic E-state index is 12.3. The van der Waals surface area contributed by atoms with Gasteiger partial charge in [0.2, 0.25) is 6.79 Å². The van der Waals surface area contributed by atoms with Crippen molar-refractivity contribution in [2.45, 2.75) is 12.8 Å². The lowest BCUT2D eigenvalue weighted by Gasteiger charge is -2.16. The van der Waals surface area contributed by atoms with E-state index in [1.54, 1.807) is 17.0 Å². The van der Waals surface area contributed by atoms with E-state index in [4.69, 9.17) is 9.47 Å². The molecule has 0 bridgehead atoms. The van der Waals surface area contributed by atoms with E-state index < -0.39 is 0 Å². The molecule has 1 amide bonds. The molecule has 1 fully saturated rings. The summed E-state index contributed by atoms with van der Waals surface area (Å²) in [7, 11) is 0. The molecule has 2 aliphatic rings. The molecule has 0 atom stereocenters. The summed E-state index contributed by atoms with van der Waals surface area (Å²) in [6.07, 6.45) is 2.73. The quantitative estimate of drug-likeness (QED) is 0.742. The Balaban J connectivity index is 1.99. The normalized spacial score (nSPS) is 17.0. The third kappa shape index (κ3) is 1.72. The minimum absolute atomic E-state index is 0.104. The first-order valence-electron chi connectivity index (χ1n) is 5.97. The van der Waals surface area contributed by atoms with Crippen LogP contribution in [0.4, 0.5) is 0 Å². The number of ether oxygens (including phenoxy) is 2. The van der Waals surface area contributed by atoms with Gasteiger partial charge in [-0.3, -0.25) is 9.59 Å². The molecule has 1 aromatic rings. The first-order chi connectivity index (χ1) is 8.79. The monoisotopic (exact) mass is 247 g/mol. The molecule has 0 N–H and O–H groups in total. The number of hydrogen-bond donors (Lipinski definition) is 0. The van der Waals surface area contributed by atoms with E-state index in [1.165, 1.54) is 0 Å². The van der Waals surface area contributed by atoms with Gasteiger partial charge in [0.05, 0.1) is 5.56 Å². The highest BCUT2D eigenvalue weighted by Crippen LogP contribution is 2.35. The maximum absolute atomic E-state index is 12.3. The number of nitrogens with zero attached hydrogens (tertiary/aromatic N) is 1. The Morgan fingerprint density at radius 3 is 2.50 bits per heavy atom. The van der Waals surface area contributed by atoms with E-state index in [-0.39, 0.29) is 12.7 Å². The second-order valence-corrected chi connectivity index (χ2v) is 4.41. The zero-order valence-electron chi connectivity index (χ0n) is 9.85. The Morgan fingerprint density at radius 1 is 1.17 bits per heavy atom. The van der Waals surface area contributed by atoms with Crippen LogP contribution in [-0.4, -0.2) is 37.0 Å². The van der Waals surface area contributed by atoms with Crippen LogP contribution in [-0.2, 0) is 0 Å². The smallest absolute Gasteiger partial charge is 0.254 e. The van der Waals surface area contributed by atoms with Crippen LogP contribution in [0, 0.1) is 0 Å². The van der Waals surface area contributed by atoms with E-state index in [9.17, 15) is 9.59 Å². The molecule has 3 rings (SSSR count). The van der Waals surface area contributed by atoms with Gasteiger partial charge in [-0.15, -0.1) is 0 Å². The predicted molar refractivity (Wildman–Crippen MR) is 63.1 cm³/mol. The molecule has 0 radical (unpaired) electrons. The lowest BCUT2D eigenvalue weighted by Crippen LogP contribution is -2.28. The summed E-state index contributed by atoms with van der Waals surface area (Å²) < 4.78 is 10.4. The van der Waals surface area contributed by atoms with Gasteiger partial charge >= 0.3 is 0 Å². The van der Waals surface area contributed by atoms with Crippen molar-refractivity contribution in [3.05, 3.63) is 23.3 Å². The van der Waals surface area contributed by atoms with Crippen LogP contribution in [0.3, 0.4) is 0 Å². The summed E-state index contributed by atoms with van der Waals surface area (Å²) in [6.45, 7) is 1.64. The third-order valence-corrected chi connectivity index (χ3v) is 3.30. The Labute approximate surface area is 104 Å². The molecule has 18 heavy (non-hydrogen) atoms. The fraction of sp³-hybridized carbons (Fsp3) is 0.385. The van der Waals surface area contributed by atoms with E-state index in [1.807, 2.05) is 0 Å². The SMILES string of the molecule is O=Cc1cc2c(cc1C(=O)N1CCCC1)OCO2. The zero-order chi connectivity index (χ0) is 12.5. The minimum atomic E-state index is -0.104. The Hall–Kier alpha value is -2.04. The van der Waals surface area contributed by atoms with Gasteiger partial charge in [0.25, 0.3) is 5.91 Å².